The zero-order valence-corrected chi connectivity index (χ0v) is 11.5. The lowest BCUT2D eigenvalue weighted by atomic mass is 10.1. The van der Waals surface area contributed by atoms with Crippen LogP contribution in [0.4, 0.5) is 26.3 Å². The second-order valence-electron chi connectivity index (χ2n) is 5.72. The van der Waals surface area contributed by atoms with E-state index in [1.54, 1.807) is 6.07 Å². The van der Waals surface area contributed by atoms with Crippen molar-refractivity contribution in [2.45, 2.75) is 38.2 Å². The fourth-order valence-electron chi connectivity index (χ4n) is 2.71. The van der Waals surface area contributed by atoms with E-state index in [-0.39, 0.29) is 16.8 Å². The monoisotopic (exact) mass is 322 g/mol. The number of nitrogens with zero attached hydrogens (tertiary/aromatic N) is 2. The van der Waals surface area contributed by atoms with E-state index in [4.69, 9.17) is 0 Å². The molecule has 1 aliphatic carbocycles. The van der Waals surface area contributed by atoms with Gasteiger partial charge in [-0.05, 0) is 29.9 Å². The number of aromatic nitrogens is 2. The van der Waals surface area contributed by atoms with Crippen LogP contribution in [0.5, 0.6) is 0 Å². The third-order valence-corrected chi connectivity index (χ3v) is 3.91. The third kappa shape index (κ3) is 2.78. The molecular formula is C14H12F6N2. The summed E-state index contributed by atoms with van der Waals surface area (Å²) in [4.78, 5) is 0. The van der Waals surface area contributed by atoms with Crippen LogP contribution < -0.4 is 0 Å². The molecule has 1 fully saturated rings. The molecule has 0 amide bonds. The molecule has 1 heterocycles. The Bertz CT molecular complexity index is 712. The molecule has 120 valence electrons. The maximum Gasteiger partial charge on any atom is 0.435 e. The molecule has 2 aromatic rings. The Kier molecular flexibility index (Phi) is 3.19. The molecular weight excluding hydrogens is 310 g/mol. The number of rotatable bonds is 2. The molecule has 1 aliphatic rings. The maximum atomic E-state index is 12.9. The number of fused-ring (bicyclic) bond motifs is 1. The van der Waals surface area contributed by atoms with E-state index < -0.39 is 24.6 Å². The SMILES string of the molecule is C[C@H]1C[C@@H]1c1ccc2c(C(F)(F)F)nn(CC(F)(F)F)c2c1. The summed E-state index contributed by atoms with van der Waals surface area (Å²) in [6, 6.07) is 4.17. The van der Waals surface area contributed by atoms with Gasteiger partial charge in [-0.15, -0.1) is 0 Å². The molecule has 1 aromatic carbocycles. The summed E-state index contributed by atoms with van der Waals surface area (Å²) in [5.74, 6) is 0.603. The molecule has 0 saturated heterocycles. The van der Waals surface area contributed by atoms with Crippen molar-refractivity contribution in [1.29, 1.82) is 0 Å². The van der Waals surface area contributed by atoms with Crippen molar-refractivity contribution in [3.8, 4) is 0 Å². The van der Waals surface area contributed by atoms with Gasteiger partial charge >= 0.3 is 12.4 Å². The van der Waals surface area contributed by atoms with Gasteiger partial charge in [0.15, 0.2) is 5.69 Å². The second kappa shape index (κ2) is 4.63. The topological polar surface area (TPSA) is 17.8 Å². The van der Waals surface area contributed by atoms with Crippen molar-refractivity contribution >= 4 is 10.9 Å². The van der Waals surface area contributed by atoms with Crippen molar-refractivity contribution < 1.29 is 26.3 Å². The lowest BCUT2D eigenvalue weighted by Crippen LogP contribution is -2.19. The minimum atomic E-state index is -4.79. The van der Waals surface area contributed by atoms with Crippen LogP contribution in [0.15, 0.2) is 18.2 Å². The highest BCUT2D eigenvalue weighted by Gasteiger charge is 2.40. The normalized spacial score (nSPS) is 22.3. The van der Waals surface area contributed by atoms with Gasteiger partial charge in [-0.1, -0.05) is 19.1 Å². The van der Waals surface area contributed by atoms with Gasteiger partial charge in [0.2, 0.25) is 0 Å². The van der Waals surface area contributed by atoms with Gasteiger partial charge in [0.1, 0.15) is 6.54 Å². The van der Waals surface area contributed by atoms with Gasteiger partial charge in [-0.3, -0.25) is 4.68 Å². The molecule has 1 saturated carbocycles. The molecule has 1 aromatic heterocycles. The van der Waals surface area contributed by atoms with E-state index in [9.17, 15) is 26.3 Å². The molecule has 0 bridgehead atoms. The average Bonchev–Trinajstić information content (AvgIpc) is 2.97. The molecule has 0 spiro atoms. The fraction of sp³-hybridized carbons (Fsp3) is 0.500. The first kappa shape index (κ1) is 15.2. The summed E-state index contributed by atoms with van der Waals surface area (Å²) >= 11 is 0. The smallest absolute Gasteiger partial charge is 0.255 e. The average molecular weight is 322 g/mol. The third-order valence-electron chi connectivity index (χ3n) is 3.91. The van der Waals surface area contributed by atoms with Crippen LogP contribution in [0.1, 0.15) is 30.5 Å². The van der Waals surface area contributed by atoms with Crippen LogP contribution >= 0.6 is 0 Å². The fourth-order valence-corrected chi connectivity index (χ4v) is 2.71. The van der Waals surface area contributed by atoms with Gasteiger partial charge < -0.3 is 0 Å². The zero-order valence-electron chi connectivity index (χ0n) is 11.5. The highest BCUT2D eigenvalue weighted by Crippen LogP contribution is 2.48. The second-order valence-corrected chi connectivity index (χ2v) is 5.72. The van der Waals surface area contributed by atoms with E-state index in [1.807, 2.05) is 6.92 Å². The Hall–Kier alpha value is -1.73. The van der Waals surface area contributed by atoms with Crippen LogP contribution in [0, 0.1) is 5.92 Å². The van der Waals surface area contributed by atoms with Gasteiger partial charge in [0.25, 0.3) is 0 Å². The van der Waals surface area contributed by atoms with Crippen molar-refractivity contribution in [1.82, 2.24) is 9.78 Å². The standard InChI is InChI=1S/C14H12F6N2/c1-7-4-10(7)8-2-3-9-11(5-8)22(6-13(15,16)17)21-12(9)14(18,19)20/h2-3,5,7,10H,4,6H2,1H3/t7-,10-/m0/s1. The van der Waals surface area contributed by atoms with Crippen LogP contribution in [0.3, 0.4) is 0 Å². The largest absolute Gasteiger partial charge is 0.435 e. The molecule has 22 heavy (non-hydrogen) atoms. The maximum absolute atomic E-state index is 12.9. The predicted molar refractivity (Wildman–Crippen MR) is 67.3 cm³/mol. The minimum Gasteiger partial charge on any atom is -0.255 e. The van der Waals surface area contributed by atoms with Crippen molar-refractivity contribution in [3.63, 3.8) is 0 Å². The number of halogens is 6. The lowest BCUT2D eigenvalue weighted by molar-refractivity contribution is -0.148. The minimum absolute atomic E-state index is 0.124. The summed E-state index contributed by atoms with van der Waals surface area (Å²) in [7, 11) is 0. The number of benzene rings is 1. The van der Waals surface area contributed by atoms with E-state index in [2.05, 4.69) is 5.10 Å². The van der Waals surface area contributed by atoms with E-state index in [0.717, 1.165) is 12.0 Å². The summed E-state index contributed by atoms with van der Waals surface area (Å²) in [5, 5.41) is 2.86. The van der Waals surface area contributed by atoms with Crippen molar-refractivity contribution in [3.05, 3.63) is 29.5 Å². The Morgan fingerprint density at radius 3 is 2.32 bits per heavy atom. The van der Waals surface area contributed by atoms with Gasteiger partial charge in [-0.25, -0.2) is 0 Å². The summed E-state index contributed by atoms with van der Waals surface area (Å²) in [5.41, 5.74) is -0.638. The highest BCUT2D eigenvalue weighted by atomic mass is 19.4. The first-order chi connectivity index (χ1) is 10.1. The predicted octanol–water partition coefficient (Wildman–Crippen LogP) is 4.74. The molecule has 0 aliphatic heterocycles. The van der Waals surface area contributed by atoms with Crippen LogP contribution in [-0.4, -0.2) is 16.0 Å². The zero-order chi connectivity index (χ0) is 16.3. The molecule has 0 unspecified atom stereocenters. The Balaban J connectivity index is 2.14. The number of alkyl halides is 6. The molecule has 2 atom stereocenters. The van der Waals surface area contributed by atoms with E-state index >= 15 is 0 Å². The summed E-state index contributed by atoms with van der Waals surface area (Å²) in [6.07, 6.45) is -8.53. The highest BCUT2D eigenvalue weighted by molar-refractivity contribution is 5.83. The molecule has 0 radical (unpaired) electrons. The van der Waals surface area contributed by atoms with Crippen LogP contribution in [0.2, 0.25) is 0 Å². The molecule has 2 nitrogen and oxygen atoms in total. The summed E-state index contributed by atoms with van der Waals surface area (Å²) < 4.78 is 76.9. The van der Waals surface area contributed by atoms with Gasteiger partial charge in [-0.2, -0.15) is 31.4 Å². The first-order valence-electron chi connectivity index (χ1n) is 6.70. The Morgan fingerprint density at radius 2 is 1.82 bits per heavy atom. The summed E-state index contributed by atoms with van der Waals surface area (Å²) in [6.45, 7) is 0.451. The van der Waals surface area contributed by atoms with Crippen LogP contribution in [-0.2, 0) is 12.7 Å². The van der Waals surface area contributed by atoms with E-state index in [0.29, 0.717) is 10.6 Å². The van der Waals surface area contributed by atoms with Gasteiger partial charge in [0, 0.05) is 5.39 Å². The molecule has 8 heteroatoms. The number of hydrogen-bond acceptors (Lipinski definition) is 1. The molecule has 0 N–H and O–H groups in total. The Labute approximate surface area is 121 Å². The van der Waals surface area contributed by atoms with Crippen LogP contribution in [0.25, 0.3) is 10.9 Å². The van der Waals surface area contributed by atoms with Crippen molar-refractivity contribution in [2.75, 3.05) is 0 Å². The lowest BCUT2D eigenvalue weighted by Gasteiger charge is -2.08. The number of hydrogen-bond donors (Lipinski definition) is 0. The van der Waals surface area contributed by atoms with Crippen molar-refractivity contribution in [2.24, 2.45) is 5.92 Å². The van der Waals surface area contributed by atoms with Gasteiger partial charge in [0.05, 0.1) is 5.52 Å². The Morgan fingerprint density at radius 1 is 1.18 bits per heavy atom. The quantitative estimate of drug-likeness (QED) is 0.730. The van der Waals surface area contributed by atoms with E-state index in [1.165, 1.54) is 12.1 Å². The molecule has 3 rings (SSSR count). The first-order valence-corrected chi connectivity index (χ1v) is 6.70.